The van der Waals surface area contributed by atoms with Gasteiger partial charge in [-0.2, -0.15) is 13.2 Å². The van der Waals surface area contributed by atoms with Crippen molar-refractivity contribution >= 4 is 5.91 Å². The number of hydrogen-bond acceptors (Lipinski definition) is 2. The molecule has 1 aromatic heterocycles. The van der Waals surface area contributed by atoms with Crippen molar-refractivity contribution in [3.8, 4) is 0 Å². The SMILES string of the molecule is Cc1cc(Cc2ccc(C(F)(F)F)cc2)cc([C@H]2CCN(C(=O)C(C)C)C2)n1. The molecule has 1 saturated heterocycles. The lowest BCUT2D eigenvalue weighted by atomic mass is 9.98. The van der Waals surface area contributed by atoms with Crippen molar-refractivity contribution < 1.29 is 18.0 Å². The molecular weight excluding hydrogens is 365 g/mol. The highest BCUT2D eigenvalue weighted by molar-refractivity contribution is 5.78. The summed E-state index contributed by atoms with van der Waals surface area (Å²) >= 11 is 0. The number of benzene rings is 1. The van der Waals surface area contributed by atoms with E-state index < -0.39 is 11.7 Å². The number of alkyl halides is 3. The Kier molecular flexibility index (Phi) is 5.77. The van der Waals surface area contributed by atoms with Crippen molar-refractivity contribution in [2.24, 2.45) is 5.92 Å². The lowest BCUT2D eigenvalue weighted by molar-refractivity contribution is -0.137. The van der Waals surface area contributed by atoms with Gasteiger partial charge in [0.05, 0.1) is 5.56 Å². The average Bonchev–Trinajstić information content (AvgIpc) is 3.10. The Hall–Kier alpha value is -2.37. The Bertz CT molecular complexity index is 844. The lowest BCUT2D eigenvalue weighted by Crippen LogP contribution is -2.32. The van der Waals surface area contributed by atoms with E-state index in [1.54, 1.807) is 0 Å². The smallest absolute Gasteiger partial charge is 0.342 e. The van der Waals surface area contributed by atoms with Crippen LogP contribution in [0.4, 0.5) is 13.2 Å². The van der Waals surface area contributed by atoms with Crippen LogP contribution in [0.2, 0.25) is 0 Å². The summed E-state index contributed by atoms with van der Waals surface area (Å²) in [6.45, 7) is 7.15. The molecule has 0 radical (unpaired) electrons. The number of aromatic nitrogens is 1. The van der Waals surface area contributed by atoms with Crippen molar-refractivity contribution in [1.82, 2.24) is 9.88 Å². The van der Waals surface area contributed by atoms with Gasteiger partial charge in [0.1, 0.15) is 0 Å². The van der Waals surface area contributed by atoms with Gasteiger partial charge in [-0.15, -0.1) is 0 Å². The summed E-state index contributed by atoms with van der Waals surface area (Å²) in [5.74, 6) is 0.355. The van der Waals surface area contributed by atoms with E-state index in [2.05, 4.69) is 4.98 Å². The summed E-state index contributed by atoms with van der Waals surface area (Å²) in [5.41, 5.74) is 3.06. The Morgan fingerprint density at radius 1 is 1.18 bits per heavy atom. The quantitative estimate of drug-likeness (QED) is 0.738. The number of amides is 1. The fourth-order valence-corrected chi connectivity index (χ4v) is 3.69. The second-order valence-electron chi connectivity index (χ2n) is 7.84. The zero-order valence-corrected chi connectivity index (χ0v) is 16.4. The number of rotatable bonds is 4. The highest BCUT2D eigenvalue weighted by Gasteiger charge is 2.30. The van der Waals surface area contributed by atoms with Crippen molar-refractivity contribution in [3.63, 3.8) is 0 Å². The molecule has 28 heavy (non-hydrogen) atoms. The van der Waals surface area contributed by atoms with E-state index in [1.165, 1.54) is 12.1 Å². The van der Waals surface area contributed by atoms with Crippen LogP contribution in [0.5, 0.6) is 0 Å². The molecule has 0 aliphatic carbocycles. The molecule has 1 atom stereocenters. The van der Waals surface area contributed by atoms with E-state index in [1.807, 2.05) is 37.8 Å². The van der Waals surface area contributed by atoms with E-state index in [9.17, 15) is 18.0 Å². The molecule has 150 valence electrons. The molecule has 0 unspecified atom stereocenters. The summed E-state index contributed by atoms with van der Waals surface area (Å²) in [5, 5.41) is 0. The molecule has 0 N–H and O–H groups in total. The summed E-state index contributed by atoms with van der Waals surface area (Å²) in [7, 11) is 0. The van der Waals surface area contributed by atoms with E-state index in [0.29, 0.717) is 13.0 Å². The number of carbonyl (C=O) groups excluding carboxylic acids is 1. The van der Waals surface area contributed by atoms with Crippen LogP contribution in [0.15, 0.2) is 36.4 Å². The predicted molar refractivity (Wildman–Crippen MR) is 102 cm³/mol. The molecule has 0 bridgehead atoms. The molecule has 1 aliphatic rings. The van der Waals surface area contributed by atoms with Gasteiger partial charge >= 0.3 is 6.18 Å². The van der Waals surface area contributed by atoms with Gasteiger partial charge in [-0.05, 0) is 55.2 Å². The van der Waals surface area contributed by atoms with Crippen molar-refractivity contribution in [2.45, 2.75) is 45.7 Å². The Balaban J connectivity index is 1.74. The van der Waals surface area contributed by atoms with Gasteiger partial charge in [0.25, 0.3) is 0 Å². The van der Waals surface area contributed by atoms with Crippen molar-refractivity contribution in [2.75, 3.05) is 13.1 Å². The zero-order chi connectivity index (χ0) is 20.5. The fourth-order valence-electron chi connectivity index (χ4n) is 3.69. The van der Waals surface area contributed by atoms with Crippen LogP contribution in [-0.2, 0) is 17.4 Å². The number of pyridine rings is 1. The van der Waals surface area contributed by atoms with E-state index in [-0.39, 0.29) is 17.7 Å². The number of hydrogen-bond donors (Lipinski definition) is 0. The molecule has 2 heterocycles. The van der Waals surface area contributed by atoms with Gasteiger partial charge in [-0.25, -0.2) is 0 Å². The maximum Gasteiger partial charge on any atom is 0.416 e. The highest BCUT2D eigenvalue weighted by atomic mass is 19.4. The first-order chi connectivity index (χ1) is 13.1. The van der Waals surface area contributed by atoms with Crippen LogP contribution >= 0.6 is 0 Å². The van der Waals surface area contributed by atoms with E-state index in [0.717, 1.165) is 47.6 Å². The molecule has 0 spiro atoms. The zero-order valence-electron chi connectivity index (χ0n) is 16.4. The average molecular weight is 390 g/mol. The number of aryl methyl sites for hydroxylation is 1. The second kappa shape index (κ2) is 7.94. The molecule has 1 fully saturated rings. The summed E-state index contributed by atoms with van der Waals surface area (Å²) < 4.78 is 38.2. The molecular formula is C22H25F3N2O. The van der Waals surface area contributed by atoms with Crippen LogP contribution < -0.4 is 0 Å². The first-order valence-corrected chi connectivity index (χ1v) is 9.56. The third-order valence-electron chi connectivity index (χ3n) is 5.13. The fraction of sp³-hybridized carbons (Fsp3) is 0.455. The molecule has 0 saturated carbocycles. The Morgan fingerprint density at radius 2 is 1.86 bits per heavy atom. The lowest BCUT2D eigenvalue weighted by Gasteiger charge is -2.19. The molecule has 1 aliphatic heterocycles. The Morgan fingerprint density at radius 3 is 2.46 bits per heavy atom. The maximum atomic E-state index is 12.7. The molecule has 3 rings (SSSR count). The first kappa shape index (κ1) is 20.4. The summed E-state index contributed by atoms with van der Waals surface area (Å²) in [4.78, 5) is 18.8. The normalized spacial score (nSPS) is 17.4. The van der Waals surface area contributed by atoms with Gasteiger partial charge in [0.2, 0.25) is 5.91 Å². The molecule has 2 aromatic rings. The number of carbonyl (C=O) groups is 1. The highest BCUT2D eigenvalue weighted by Crippen LogP contribution is 2.30. The van der Waals surface area contributed by atoms with E-state index >= 15 is 0 Å². The van der Waals surface area contributed by atoms with Crippen LogP contribution in [0.25, 0.3) is 0 Å². The van der Waals surface area contributed by atoms with Crippen molar-refractivity contribution in [1.29, 1.82) is 0 Å². The monoisotopic (exact) mass is 390 g/mol. The minimum absolute atomic E-state index is 0.0144. The number of likely N-dealkylation sites (tertiary alicyclic amines) is 1. The Labute approximate surface area is 163 Å². The van der Waals surface area contributed by atoms with Gasteiger partial charge in [0.15, 0.2) is 0 Å². The third-order valence-corrected chi connectivity index (χ3v) is 5.13. The molecule has 1 amide bonds. The van der Waals surface area contributed by atoms with E-state index in [4.69, 9.17) is 0 Å². The first-order valence-electron chi connectivity index (χ1n) is 9.56. The summed E-state index contributed by atoms with van der Waals surface area (Å²) in [6.07, 6.45) is -2.88. The molecule has 3 nitrogen and oxygen atoms in total. The minimum atomic E-state index is -4.32. The maximum absolute atomic E-state index is 12.7. The molecule has 6 heteroatoms. The van der Waals surface area contributed by atoms with Gasteiger partial charge in [-0.3, -0.25) is 9.78 Å². The van der Waals surface area contributed by atoms with Gasteiger partial charge in [-0.1, -0.05) is 26.0 Å². The number of halogens is 3. The van der Waals surface area contributed by atoms with Crippen LogP contribution in [0, 0.1) is 12.8 Å². The van der Waals surface area contributed by atoms with Crippen molar-refractivity contribution in [3.05, 3.63) is 64.5 Å². The largest absolute Gasteiger partial charge is 0.416 e. The standard InChI is InChI=1S/C22H25F3N2O/c1-14(2)21(28)27-9-8-18(13-27)20-12-17(10-15(3)26-20)11-16-4-6-19(7-5-16)22(23,24)25/h4-7,10,12,14,18H,8-9,11,13H2,1-3H3/t18-/m0/s1. The second-order valence-corrected chi connectivity index (χ2v) is 7.84. The topological polar surface area (TPSA) is 33.2 Å². The third kappa shape index (κ3) is 4.72. The van der Waals surface area contributed by atoms with Gasteiger partial charge in [0, 0.05) is 36.3 Å². The minimum Gasteiger partial charge on any atom is -0.342 e. The molecule has 1 aromatic carbocycles. The van der Waals surface area contributed by atoms with Gasteiger partial charge < -0.3 is 4.90 Å². The van der Waals surface area contributed by atoms with Crippen LogP contribution in [0.1, 0.15) is 54.3 Å². The predicted octanol–water partition coefficient (Wildman–Crippen LogP) is 4.97. The van der Waals surface area contributed by atoms with Crippen LogP contribution in [-0.4, -0.2) is 28.9 Å². The van der Waals surface area contributed by atoms with Crippen LogP contribution in [0.3, 0.4) is 0 Å². The summed E-state index contributed by atoms with van der Waals surface area (Å²) in [6, 6.07) is 9.28. The number of nitrogens with zero attached hydrogens (tertiary/aromatic N) is 2.